The minimum absolute atomic E-state index is 0.00315. The Balaban J connectivity index is 1.80. The van der Waals surface area contributed by atoms with Crippen LogP contribution in [0.3, 0.4) is 0 Å². The molecule has 0 fully saturated rings. The summed E-state index contributed by atoms with van der Waals surface area (Å²) < 4.78 is 39.8. The summed E-state index contributed by atoms with van der Waals surface area (Å²) in [7, 11) is -2.62. The highest BCUT2D eigenvalue weighted by Crippen LogP contribution is 2.30. The number of carbonyl (C=O) groups is 3. The van der Waals surface area contributed by atoms with Crippen molar-refractivity contribution in [3.63, 3.8) is 0 Å². The Bertz CT molecular complexity index is 1930. The van der Waals surface area contributed by atoms with Gasteiger partial charge in [-0.1, -0.05) is 24.3 Å². The molecule has 3 atom stereocenters. The molecule has 0 bridgehead atoms. The van der Waals surface area contributed by atoms with Crippen molar-refractivity contribution in [2.75, 3.05) is 13.7 Å². The summed E-state index contributed by atoms with van der Waals surface area (Å²) in [6.07, 6.45) is 0.289. The lowest BCUT2D eigenvalue weighted by atomic mass is 10.0. The second-order valence-electron chi connectivity index (χ2n) is 14.0. The molecule has 15 nitrogen and oxygen atoms in total. The van der Waals surface area contributed by atoms with Crippen LogP contribution in [0.1, 0.15) is 61.4 Å². The van der Waals surface area contributed by atoms with Crippen LogP contribution in [0.5, 0.6) is 17.2 Å². The molecule has 54 heavy (non-hydrogen) atoms. The SMILES string of the molecule is COc1cc(C)c(S(=O)(=O)NC(N)=NCCC[C@H](NC(=O)[C@@H](N)Cc2ccc(O)cc2)C(=O)N[C@@H](Cc2ccc(O)cc2)C(=O)OC(C)(C)C)c(C)c1C. The van der Waals surface area contributed by atoms with Gasteiger partial charge in [0.15, 0.2) is 0 Å². The number of ether oxygens (including phenoxy) is 2. The summed E-state index contributed by atoms with van der Waals surface area (Å²) in [4.78, 5) is 44.6. The van der Waals surface area contributed by atoms with Crippen LogP contribution in [-0.2, 0) is 42.0 Å². The minimum Gasteiger partial charge on any atom is -0.508 e. The van der Waals surface area contributed by atoms with Gasteiger partial charge in [-0.3, -0.25) is 14.6 Å². The average Bonchev–Trinajstić information content (AvgIpc) is 3.08. The lowest BCUT2D eigenvalue weighted by molar-refractivity contribution is -0.158. The van der Waals surface area contributed by atoms with Crippen LogP contribution in [-0.4, -0.2) is 79.8 Å². The number of amides is 2. The van der Waals surface area contributed by atoms with Crippen molar-refractivity contribution >= 4 is 33.8 Å². The second kappa shape index (κ2) is 18.6. The lowest BCUT2D eigenvalue weighted by Gasteiger charge is -2.27. The number of sulfonamides is 1. The summed E-state index contributed by atoms with van der Waals surface area (Å²) in [6.45, 7) is 10.1. The number of methoxy groups -OCH3 is 1. The highest BCUT2D eigenvalue weighted by molar-refractivity contribution is 7.90. The Labute approximate surface area is 316 Å². The molecule has 0 aliphatic rings. The smallest absolute Gasteiger partial charge is 0.329 e. The molecule has 0 aliphatic carbocycles. The lowest BCUT2D eigenvalue weighted by Crippen LogP contribution is -2.55. The Hall–Kier alpha value is -5.35. The van der Waals surface area contributed by atoms with Gasteiger partial charge in [0.2, 0.25) is 17.8 Å². The number of hydrogen-bond donors (Lipinski definition) is 7. The first-order valence-corrected chi connectivity index (χ1v) is 18.8. The molecule has 2 amide bonds. The number of phenolic OH excluding ortho intramolecular Hbond substituents is 2. The summed E-state index contributed by atoms with van der Waals surface area (Å²) in [5.74, 6) is -1.80. The van der Waals surface area contributed by atoms with Crippen molar-refractivity contribution in [2.24, 2.45) is 16.5 Å². The predicted octanol–water partition coefficient (Wildman–Crippen LogP) is 2.53. The van der Waals surface area contributed by atoms with Gasteiger partial charge in [-0.05, 0) is 119 Å². The summed E-state index contributed by atoms with van der Waals surface area (Å²) in [6, 6.07) is 10.5. The maximum Gasteiger partial charge on any atom is 0.329 e. The van der Waals surface area contributed by atoms with Crippen molar-refractivity contribution < 1.29 is 42.5 Å². The first-order chi connectivity index (χ1) is 25.2. The normalized spacial score (nSPS) is 13.7. The van der Waals surface area contributed by atoms with Gasteiger partial charge < -0.3 is 41.8 Å². The summed E-state index contributed by atoms with van der Waals surface area (Å²) in [5.41, 5.74) is 14.2. The second-order valence-corrected chi connectivity index (χ2v) is 15.6. The molecule has 294 valence electrons. The molecule has 0 spiro atoms. The number of aryl methyl sites for hydroxylation is 1. The monoisotopic (exact) mass is 768 g/mol. The fraction of sp³-hybridized carbons (Fsp3) is 0.421. The van der Waals surface area contributed by atoms with E-state index in [4.69, 9.17) is 20.9 Å². The highest BCUT2D eigenvalue weighted by atomic mass is 32.2. The zero-order valence-electron chi connectivity index (χ0n) is 31.7. The van der Waals surface area contributed by atoms with Crippen LogP contribution in [0, 0.1) is 20.8 Å². The summed E-state index contributed by atoms with van der Waals surface area (Å²) in [5, 5.41) is 24.7. The number of aliphatic imine (C=N–C) groups is 1. The van der Waals surface area contributed by atoms with Crippen LogP contribution < -0.4 is 31.6 Å². The van der Waals surface area contributed by atoms with E-state index in [9.17, 15) is 33.0 Å². The Morgan fingerprint density at radius 2 is 1.39 bits per heavy atom. The van der Waals surface area contributed by atoms with Gasteiger partial charge in [0.25, 0.3) is 10.0 Å². The van der Waals surface area contributed by atoms with E-state index in [2.05, 4.69) is 20.3 Å². The van der Waals surface area contributed by atoms with E-state index >= 15 is 0 Å². The van der Waals surface area contributed by atoms with E-state index in [0.29, 0.717) is 33.6 Å². The van der Waals surface area contributed by atoms with Crippen LogP contribution >= 0.6 is 0 Å². The number of carbonyl (C=O) groups excluding carboxylic acids is 3. The Morgan fingerprint density at radius 3 is 1.93 bits per heavy atom. The standard InChI is InChI=1S/C38H52N6O9S/c1-22-19-32(52-7)23(2)24(3)33(22)54(50,51)44-37(40)41-18-8-9-30(42-34(47)29(39)20-25-10-14-27(45)15-11-25)35(48)43-31(36(49)53-38(4,5)6)21-26-12-16-28(46)17-13-26/h10-17,19,29-31,45-46H,8-9,18,20-21,39H2,1-7H3,(H,42,47)(H,43,48)(H3,40,41,44)/t29-,30-,31-/m0/s1. The first-order valence-electron chi connectivity index (χ1n) is 17.3. The summed E-state index contributed by atoms with van der Waals surface area (Å²) >= 11 is 0. The molecule has 0 aromatic heterocycles. The fourth-order valence-electron chi connectivity index (χ4n) is 5.60. The van der Waals surface area contributed by atoms with Crippen LogP contribution in [0.15, 0.2) is 64.5 Å². The van der Waals surface area contributed by atoms with Crippen molar-refractivity contribution in [2.45, 2.75) is 95.8 Å². The van der Waals surface area contributed by atoms with Crippen molar-refractivity contribution in [1.82, 2.24) is 15.4 Å². The molecule has 0 heterocycles. The van der Waals surface area contributed by atoms with Gasteiger partial charge in [0.05, 0.1) is 18.0 Å². The molecule has 0 saturated carbocycles. The van der Waals surface area contributed by atoms with Gasteiger partial charge in [-0.2, -0.15) is 0 Å². The van der Waals surface area contributed by atoms with Crippen LogP contribution in [0.4, 0.5) is 0 Å². The number of rotatable bonds is 16. The first kappa shape index (κ1) is 43.1. The molecule has 3 aromatic rings. The average molecular weight is 769 g/mol. The van der Waals surface area contributed by atoms with E-state index in [1.807, 2.05) is 0 Å². The Kier molecular flexibility index (Phi) is 14.8. The zero-order valence-corrected chi connectivity index (χ0v) is 32.5. The number of nitrogens with zero attached hydrogens (tertiary/aromatic N) is 1. The van der Waals surface area contributed by atoms with Crippen molar-refractivity contribution in [3.8, 4) is 17.2 Å². The number of nitrogens with one attached hydrogen (secondary N) is 3. The fourth-order valence-corrected chi connectivity index (χ4v) is 7.08. The van der Waals surface area contributed by atoms with E-state index < -0.39 is 51.5 Å². The van der Waals surface area contributed by atoms with Gasteiger partial charge in [-0.15, -0.1) is 0 Å². The van der Waals surface area contributed by atoms with Crippen LogP contribution in [0.2, 0.25) is 0 Å². The molecule has 0 unspecified atom stereocenters. The maximum absolute atomic E-state index is 13.8. The van der Waals surface area contributed by atoms with Gasteiger partial charge >= 0.3 is 5.97 Å². The highest BCUT2D eigenvalue weighted by Gasteiger charge is 2.31. The van der Waals surface area contributed by atoms with Crippen molar-refractivity contribution in [1.29, 1.82) is 0 Å². The number of nitrogens with two attached hydrogens (primary N) is 2. The van der Waals surface area contributed by atoms with Gasteiger partial charge in [-0.25, -0.2) is 17.9 Å². The third-order valence-electron chi connectivity index (χ3n) is 8.38. The molecule has 0 radical (unpaired) electrons. The molecular formula is C38H52N6O9S. The molecule has 0 saturated heterocycles. The molecular weight excluding hydrogens is 717 g/mol. The quantitative estimate of drug-likeness (QED) is 0.0483. The third kappa shape index (κ3) is 12.7. The number of benzene rings is 3. The van der Waals surface area contributed by atoms with Gasteiger partial charge in [0.1, 0.15) is 34.9 Å². The largest absolute Gasteiger partial charge is 0.508 e. The van der Waals surface area contributed by atoms with Gasteiger partial charge in [0, 0.05) is 13.0 Å². The van der Waals surface area contributed by atoms with Crippen molar-refractivity contribution in [3.05, 3.63) is 82.4 Å². The number of guanidine groups is 1. The maximum atomic E-state index is 13.8. The number of aromatic hydroxyl groups is 2. The molecule has 3 aromatic carbocycles. The zero-order chi connectivity index (χ0) is 40.4. The minimum atomic E-state index is -4.12. The number of esters is 1. The van der Waals surface area contributed by atoms with E-state index in [1.54, 1.807) is 71.9 Å². The number of hydrogen-bond acceptors (Lipinski definition) is 11. The third-order valence-corrected chi connectivity index (χ3v) is 10.0. The molecule has 0 aliphatic heterocycles. The van der Waals surface area contributed by atoms with E-state index in [1.165, 1.54) is 31.4 Å². The number of phenols is 2. The molecule has 3 rings (SSSR count). The molecule has 16 heteroatoms. The predicted molar refractivity (Wildman–Crippen MR) is 205 cm³/mol. The Morgan fingerprint density at radius 1 is 0.852 bits per heavy atom. The van der Waals surface area contributed by atoms with Crippen LogP contribution in [0.25, 0.3) is 0 Å². The van der Waals surface area contributed by atoms with E-state index in [0.717, 1.165) is 0 Å². The molecule has 9 N–H and O–H groups in total. The van der Waals surface area contributed by atoms with E-state index in [-0.39, 0.29) is 54.6 Å². The topological polar surface area (TPSA) is 245 Å².